The SMILES string of the molecule is COc1ccc(NC(=O)[C@@H](C)N)cc1[N+](=O)[O-].Cl. The normalized spacial score (nSPS) is 11.1. The maximum atomic E-state index is 11.3. The number of rotatable bonds is 4. The van der Waals surface area contributed by atoms with Crippen LogP contribution in [0.5, 0.6) is 5.75 Å². The van der Waals surface area contributed by atoms with Crippen molar-refractivity contribution in [3.8, 4) is 5.75 Å². The zero-order valence-electron chi connectivity index (χ0n) is 9.88. The predicted molar refractivity (Wildman–Crippen MR) is 69.2 cm³/mol. The van der Waals surface area contributed by atoms with Crippen LogP contribution in [-0.4, -0.2) is 24.0 Å². The Morgan fingerprint density at radius 2 is 2.17 bits per heavy atom. The molecule has 1 rings (SSSR count). The van der Waals surface area contributed by atoms with Crippen molar-refractivity contribution in [2.45, 2.75) is 13.0 Å². The van der Waals surface area contributed by atoms with Gasteiger partial charge in [0.2, 0.25) is 5.91 Å². The first-order valence-electron chi connectivity index (χ1n) is 4.84. The van der Waals surface area contributed by atoms with Crippen LogP contribution in [0, 0.1) is 10.1 Å². The Morgan fingerprint density at radius 1 is 1.56 bits per heavy atom. The number of nitro groups is 1. The van der Waals surface area contributed by atoms with Gasteiger partial charge < -0.3 is 15.8 Å². The molecule has 0 bridgehead atoms. The van der Waals surface area contributed by atoms with Crippen LogP contribution in [0.2, 0.25) is 0 Å². The number of hydrogen-bond donors (Lipinski definition) is 2. The number of nitrogens with two attached hydrogens (primary N) is 1. The Kier molecular flexibility index (Phi) is 6.07. The molecule has 0 aliphatic rings. The van der Waals surface area contributed by atoms with Gasteiger partial charge in [-0.05, 0) is 19.1 Å². The van der Waals surface area contributed by atoms with Gasteiger partial charge in [-0.15, -0.1) is 12.4 Å². The second-order valence-corrected chi connectivity index (χ2v) is 3.42. The summed E-state index contributed by atoms with van der Waals surface area (Å²) in [4.78, 5) is 21.5. The van der Waals surface area contributed by atoms with E-state index in [2.05, 4.69) is 5.32 Å². The standard InChI is InChI=1S/C10H13N3O4.ClH/c1-6(11)10(14)12-7-3-4-9(17-2)8(5-7)13(15)16;/h3-6H,11H2,1-2H3,(H,12,14);1H/t6-;/m1./s1. The Morgan fingerprint density at radius 3 is 2.61 bits per heavy atom. The Bertz CT molecular complexity index is 451. The maximum absolute atomic E-state index is 11.3. The third-order valence-electron chi connectivity index (χ3n) is 2.06. The van der Waals surface area contributed by atoms with Gasteiger partial charge in [-0.1, -0.05) is 0 Å². The number of anilines is 1. The summed E-state index contributed by atoms with van der Waals surface area (Å²) in [5.74, 6) is -0.279. The molecule has 1 amide bonds. The van der Waals surface area contributed by atoms with E-state index in [0.717, 1.165) is 0 Å². The molecule has 1 aromatic rings. The van der Waals surface area contributed by atoms with Gasteiger partial charge in [0.25, 0.3) is 0 Å². The van der Waals surface area contributed by atoms with Crippen molar-refractivity contribution < 1.29 is 14.5 Å². The molecule has 18 heavy (non-hydrogen) atoms. The number of halogens is 1. The van der Waals surface area contributed by atoms with E-state index in [1.54, 1.807) is 0 Å². The van der Waals surface area contributed by atoms with Gasteiger partial charge in [0.05, 0.1) is 18.1 Å². The number of hydrogen-bond acceptors (Lipinski definition) is 5. The number of carbonyl (C=O) groups excluding carboxylic acids is 1. The number of benzene rings is 1. The quantitative estimate of drug-likeness (QED) is 0.636. The Hall–Kier alpha value is -1.86. The minimum Gasteiger partial charge on any atom is -0.490 e. The van der Waals surface area contributed by atoms with Crippen molar-refractivity contribution in [3.05, 3.63) is 28.3 Å². The van der Waals surface area contributed by atoms with Crippen LogP contribution in [0.1, 0.15) is 6.92 Å². The van der Waals surface area contributed by atoms with Crippen molar-refractivity contribution in [1.29, 1.82) is 0 Å². The average Bonchev–Trinajstić information content (AvgIpc) is 2.28. The lowest BCUT2D eigenvalue weighted by Gasteiger charge is -2.08. The number of methoxy groups -OCH3 is 1. The summed E-state index contributed by atoms with van der Waals surface area (Å²) in [6.07, 6.45) is 0. The molecule has 0 saturated heterocycles. The van der Waals surface area contributed by atoms with E-state index >= 15 is 0 Å². The predicted octanol–water partition coefficient (Wildman–Crippen LogP) is 1.31. The van der Waals surface area contributed by atoms with E-state index in [1.807, 2.05) is 0 Å². The van der Waals surface area contributed by atoms with Gasteiger partial charge in [0.15, 0.2) is 5.75 Å². The zero-order valence-corrected chi connectivity index (χ0v) is 10.7. The van der Waals surface area contributed by atoms with Crippen molar-refractivity contribution in [2.24, 2.45) is 5.73 Å². The number of nitro benzene ring substituents is 1. The van der Waals surface area contributed by atoms with Gasteiger partial charge in [-0.3, -0.25) is 14.9 Å². The molecule has 1 atom stereocenters. The number of amides is 1. The zero-order chi connectivity index (χ0) is 13.0. The molecule has 8 heteroatoms. The molecule has 100 valence electrons. The van der Waals surface area contributed by atoms with E-state index in [9.17, 15) is 14.9 Å². The summed E-state index contributed by atoms with van der Waals surface area (Å²) in [6, 6.07) is 3.45. The summed E-state index contributed by atoms with van der Waals surface area (Å²) in [7, 11) is 1.34. The fraction of sp³-hybridized carbons (Fsp3) is 0.300. The number of nitrogens with one attached hydrogen (secondary N) is 1. The molecular formula is C10H14ClN3O4. The minimum atomic E-state index is -0.684. The fourth-order valence-corrected chi connectivity index (χ4v) is 1.17. The van der Waals surface area contributed by atoms with E-state index in [-0.39, 0.29) is 23.8 Å². The molecule has 0 saturated carbocycles. The fourth-order valence-electron chi connectivity index (χ4n) is 1.17. The van der Waals surface area contributed by atoms with Crippen LogP contribution in [0.4, 0.5) is 11.4 Å². The molecule has 7 nitrogen and oxygen atoms in total. The van der Waals surface area contributed by atoms with Crippen LogP contribution >= 0.6 is 12.4 Å². The van der Waals surface area contributed by atoms with E-state index < -0.39 is 16.9 Å². The number of ether oxygens (including phenoxy) is 1. The van der Waals surface area contributed by atoms with Gasteiger partial charge in [-0.25, -0.2) is 0 Å². The molecule has 0 aromatic heterocycles. The lowest BCUT2D eigenvalue weighted by atomic mass is 10.2. The topological polar surface area (TPSA) is 107 Å². The number of carbonyl (C=O) groups is 1. The van der Waals surface area contributed by atoms with Crippen molar-refractivity contribution in [1.82, 2.24) is 0 Å². The lowest BCUT2D eigenvalue weighted by molar-refractivity contribution is -0.385. The Balaban J connectivity index is 0.00000289. The summed E-state index contributed by atoms with van der Waals surface area (Å²) in [6.45, 7) is 1.52. The highest BCUT2D eigenvalue weighted by Gasteiger charge is 2.16. The molecule has 3 N–H and O–H groups in total. The maximum Gasteiger partial charge on any atom is 0.312 e. The first-order valence-corrected chi connectivity index (χ1v) is 4.84. The molecule has 0 aliphatic heterocycles. The van der Waals surface area contributed by atoms with Crippen LogP contribution in [0.3, 0.4) is 0 Å². The van der Waals surface area contributed by atoms with Crippen molar-refractivity contribution in [2.75, 3.05) is 12.4 Å². The van der Waals surface area contributed by atoms with Crippen LogP contribution in [-0.2, 0) is 4.79 Å². The molecule has 0 radical (unpaired) electrons. The van der Waals surface area contributed by atoms with Gasteiger partial charge in [0, 0.05) is 11.8 Å². The second kappa shape index (κ2) is 6.77. The molecular weight excluding hydrogens is 262 g/mol. The third-order valence-corrected chi connectivity index (χ3v) is 2.06. The minimum absolute atomic E-state index is 0. The van der Waals surface area contributed by atoms with E-state index in [1.165, 1.54) is 32.2 Å². The summed E-state index contributed by atoms with van der Waals surface area (Å²) in [5.41, 5.74) is 5.46. The first kappa shape index (κ1) is 16.1. The highest BCUT2D eigenvalue weighted by molar-refractivity contribution is 5.94. The van der Waals surface area contributed by atoms with Gasteiger partial charge >= 0.3 is 5.69 Å². The molecule has 0 unspecified atom stereocenters. The smallest absolute Gasteiger partial charge is 0.312 e. The molecule has 0 spiro atoms. The largest absolute Gasteiger partial charge is 0.490 e. The summed E-state index contributed by atoms with van der Waals surface area (Å²) >= 11 is 0. The van der Waals surface area contributed by atoms with Crippen LogP contribution in [0.25, 0.3) is 0 Å². The second-order valence-electron chi connectivity index (χ2n) is 3.42. The Labute approximate surface area is 110 Å². The van der Waals surface area contributed by atoms with E-state index in [0.29, 0.717) is 5.69 Å². The van der Waals surface area contributed by atoms with Crippen LogP contribution < -0.4 is 15.8 Å². The van der Waals surface area contributed by atoms with Crippen molar-refractivity contribution in [3.63, 3.8) is 0 Å². The van der Waals surface area contributed by atoms with Gasteiger partial charge in [-0.2, -0.15) is 0 Å². The summed E-state index contributed by atoms with van der Waals surface area (Å²) < 4.78 is 4.83. The molecule has 0 fully saturated rings. The average molecular weight is 276 g/mol. The summed E-state index contributed by atoms with van der Waals surface area (Å²) in [5, 5.41) is 13.2. The van der Waals surface area contributed by atoms with Gasteiger partial charge in [0.1, 0.15) is 0 Å². The highest BCUT2D eigenvalue weighted by Crippen LogP contribution is 2.29. The third kappa shape index (κ3) is 3.86. The number of nitrogens with zero attached hydrogens (tertiary/aromatic N) is 1. The van der Waals surface area contributed by atoms with Crippen molar-refractivity contribution >= 4 is 29.7 Å². The van der Waals surface area contributed by atoms with Crippen LogP contribution in [0.15, 0.2) is 18.2 Å². The lowest BCUT2D eigenvalue weighted by Crippen LogP contribution is -2.32. The molecule has 0 heterocycles. The molecule has 1 aromatic carbocycles. The highest BCUT2D eigenvalue weighted by atomic mass is 35.5. The molecule has 0 aliphatic carbocycles. The first-order chi connectivity index (χ1) is 7.95. The van der Waals surface area contributed by atoms with E-state index in [4.69, 9.17) is 10.5 Å². The monoisotopic (exact) mass is 275 g/mol.